The molecule has 162 valence electrons. The van der Waals surface area contributed by atoms with E-state index in [0.29, 0.717) is 18.8 Å². The molecule has 0 spiro atoms. The van der Waals surface area contributed by atoms with Crippen molar-refractivity contribution in [2.45, 2.75) is 18.2 Å². The van der Waals surface area contributed by atoms with Gasteiger partial charge in [0.2, 0.25) is 5.91 Å². The third kappa shape index (κ3) is 6.82. The van der Waals surface area contributed by atoms with Gasteiger partial charge in [-0.1, -0.05) is 24.3 Å². The summed E-state index contributed by atoms with van der Waals surface area (Å²) in [6.45, 7) is 2.72. The number of rotatable bonds is 9. The number of anilines is 1. The molecule has 3 aromatic rings. The van der Waals surface area contributed by atoms with Gasteiger partial charge < -0.3 is 10.1 Å². The third-order valence-corrected chi connectivity index (χ3v) is 5.77. The molecule has 31 heavy (non-hydrogen) atoms. The van der Waals surface area contributed by atoms with Gasteiger partial charge in [-0.2, -0.15) is 0 Å². The molecule has 0 saturated heterocycles. The van der Waals surface area contributed by atoms with Crippen LogP contribution in [0.15, 0.2) is 77.7 Å². The van der Waals surface area contributed by atoms with Crippen molar-refractivity contribution in [3.63, 3.8) is 0 Å². The van der Waals surface area contributed by atoms with Crippen LogP contribution in [0.2, 0.25) is 0 Å². The van der Waals surface area contributed by atoms with E-state index in [1.807, 2.05) is 31.2 Å². The lowest BCUT2D eigenvalue weighted by Gasteiger charge is -2.10. The maximum Gasteiger partial charge on any atom is 0.261 e. The first-order valence-electron chi connectivity index (χ1n) is 9.65. The predicted molar refractivity (Wildman–Crippen MR) is 117 cm³/mol. The summed E-state index contributed by atoms with van der Waals surface area (Å²) < 4.78 is 45.7. The van der Waals surface area contributed by atoms with E-state index in [0.717, 1.165) is 29.0 Å². The number of aryl methyl sites for hydroxylation is 1. The fourth-order valence-electron chi connectivity index (χ4n) is 2.83. The van der Waals surface area contributed by atoms with E-state index >= 15 is 0 Å². The zero-order valence-corrected chi connectivity index (χ0v) is 17.8. The summed E-state index contributed by atoms with van der Waals surface area (Å²) in [5.41, 5.74) is 2.19. The molecule has 0 heterocycles. The van der Waals surface area contributed by atoms with Crippen molar-refractivity contribution >= 4 is 21.6 Å². The first-order valence-corrected chi connectivity index (χ1v) is 11.1. The van der Waals surface area contributed by atoms with Crippen LogP contribution in [0.1, 0.15) is 11.1 Å². The Morgan fingerprint density at radius 1 is 1.00 bits per heavy atom. The van der Waals surface area contributed by atoms with E-state index < -0.39 is 15.8 Å². The number of nitrogens with one attached hydrogen (secondary N) is 2. The van der Waals surface area contributed by atoms with Gasteiger partial charge in [0.1, 0.15) is 18.2 Å². The summed E-state index contributed by atoms with van der Waals surface area (Å²) in [7, 11) is -3.82. The second-order valence-electron chi connectivity index (χ2n) is 6.95. The van der Waals surface area contributed by atoms with Crippen molar-refractivity contribution in [3.8, 4) is 5.75 Å². The van der Waals surface area contributed by atoms with Gasteiger partial charge >= 0.3 is 0 Å². The number of ether oxygens (including phenoxy) is 1. The molecule has 8 heteroatoms. The van der Waals surface area contributed by atoms with Gasteiger partial charge in [-0.15, -0.1) is 0 Å². The fourth-order valence-corrected chi connectivity index (χ4v) is 3.89. The highest BCUT2D eigenvalue weighted by Crippen LogP contribution is 2.17. The largest absolute Gasteiger partial charge is 0.492 e. The molecular weight excluding hydrogens is 419 g/mol. The lowest BCUT2D eigenvalue weighted by Crippen LogP contribution is -2.29. The van der Waals surface area contributed by atoms with Crippen molar-refractivity contribution < 1.29 is 22.3 Å². The minimum absolute atomic E-state index is 0.0368. The Bertz CT molecular complexity index is 1130. The molecular formula is C23H23FN2O4S. The monoisotopic (exact) mass is 442 g/mol. The van der Waals surface area contributed by atoms with Crippen LogP contribution in [0.4, 0.5) is 10.1 Å². The number of halogens is 1. The zero-order chi connectivity index (χ0) is 22.3. The van der Waals surface area contributed by atoms with Gasteiger partial charge in [-0.3, -0.25) is 9.52 Å². The highest BCUT2D eigenvalue weighted by molar-refractivity contribution is 7.92. The average Bonchev–Trinajstić information content (AvgIpc) is 2.73. The van der Waals surface area contributed by atoms with Crippen LogP contribution in [0.3, 0.4) is 0 Å². The van der Waals surface area contributed by atoms with Gasteiger partial charge in [0.05, 0.1) is 17.9 Å². The Kier molecular flexibility index (Phi) is 7.25. The first-order chi connectivity index (χ1) is 14.8. The summed E-state index contributed by atoms with van der Waals surface area (Å²) in [6, 6.07) is 18.7. The van der Waals surface area contributed by atoms with E-state index in [-0.39, 0.29) is 17.2 Å². The molecule has 0 aliphatic rings. The maximum atomic E-state index is 13.0. The molecule has 3 aromatic carbocycles. The summed E-state index contributed by atoms with van der Waals surface area (Å²) in [5.74, 6) is 0.0868. The molecule has 0 unspecified atom stereocenters. The Hall–Kier alpha value is -3.39. The second-order valence-corrected chi connectivity index (χ2v) is 8.63. The molecule has 1 amide bonds. The van der Waals surface area contributed by atoms with E-state index in [1.165, 1.54) is 12.1 Å². The number of benzene rings is 3. The number of sulfonamides is 1. The number of carbonyl (C=O) groups excluding carboxylic acids is 1. The van der Waals surface area contributed by atoms with Crippen LogP contribution in [0.5, 0.6) is 5.75 Å². The molecule has 0 fully saturated rings. The predicted octanol–water partition coefficient (Wildman–Crippen LogP) is 3.67. The normalized spacial score (nSPS) is 11.0. The molecule has 0 saturated carbocycles. The third-order valence-electron chi connectivity index (χ3n) is 4.38. The molecule has 0 aliphatic heterocycles. The van der Waals surface area contributed by atoms with E-state index in [2.05, 4.69) is 10.0 Å². The summed E-state index contributed by atoms with van der Waals surface area (Å²) in [4.78, 5) is 12.1. The van der Waals surface area contributed by atoms with Crippen LogP contribution in [-0.2, 0) is 21.2 Å². The Balaban J connectivity index is 1.46. The van der Waals surface area contributed by atoms with Gasteiger partial charge in [0, 0.05) is 5.69 Å². The van der Waals surface area contributed by atoms with Crippen molar-refractivity contribution in [1.82, 2.24) is 5.32 Å². The Morgan fingerprint density at radius 3 is 2.39 bits per heavy atom. The Labute approximate surface area is 181 Å². The van der Waals surface area contributed by atoms with Gasteiger partial charge in [-0.25, -0.2) is 12.8 Å². The van der Waals surface area contributed by atoms with Crippen LogP contribution in [0.25, 0.3) is 0 Å². The standard InChI is InChI=1S/C23H23FN2O4S/c1-17-3-2-4-21(15-17)30-14-13-25-23(27)16-18-5-9-20(10-6-18)26-31(28,29)22-11-7-19(24)8-12-22/h2-12,15,26H,13-14,16H2,1H3,(H,25,27). The van der Waals surface area contributed by atoms with Crippen molar-refractivity contribution in [2.75, 3.05) is 17.9 Å². The average molecular weight is 443 g/mol. The number of amides is 1. The molecule has 6 nitrogen and oxygen atoms in total. The smallest absolute Gasteiger partial charge is 0.261 e. The van der Waals surface area contributed by atoms with Gasteiger partial charge in [0.15, 0.2) is 0 Å². The Morgan fingerprint density at radius 2 is 1.71 bits per heavy atom. The number of hydrogen-bond acceptors (Lipinski definition) is 4. The molecule has 0 radical (unpaired) electrons. The number of hydrogen-bond donors (Lipinski definition) is 2. The second kappa shape index (κ2) is 10.1. The SMILES string of the molecule is Cc1cccc(OCCNC(=O)Cc2ccc(NS(=O)(=O)c3ccc(F)cc3)cc2)c1. The van der Waals surface area contributed by atoms with Crippen molar-refractivity contribution in [2.24, 2.45) is 0 Å². The molecule has 3 rings (SSSR count). The van der Waals surface area contributed by atoms with Crippen LogP contribution in [0, 0.1) is 12.7 Å². The molecule has 0 aromatic heterocycles. The molecule has 2 N–H and O–H groups in total. The topological polar surface area (TPSA) is 84.5 Å². The molecule has 0 atom stereocenters. The maximum absolute atomic E-state index is 13.0. The van der Waals surface area contributed by atoms with E-state index in [1.54, 1.807) is 24.3 Å². The van der Waals surface area contributed by atoms with Crippen molar-refractivity contribution in [3.05, 3.63) is 89.7 Å². The van der Waals surface area contributed by atoms with Crippen molar-refractivity contribution in [1.29, 1.82) is 0 Å². The van der Waals surface area contributed by atoms with Crippen LogP contribution in [-0.4, -0.2) is 27.5 Å². The van der Waals surface area contributed by atoms with Crippen LogP contribution < -0.4 is 14.8 Å². The van der Waals surface area contributed by atoms with Crippen LogP contribution >= 0.6 is 0 Å². The van der Waals surface area contributed by atoms with E-state index in [4.69, 9.17) is 4.74 Å². The minimum Gasteiger partial charge on any atom is -0.492 e. The summed E-state index contributed by atoms with van der Waals surface area (Å²) >= 11 is 0. The fraction of sp³-hybridized carbons (Fsp3) is 0.174. The quantitative estimate of drug-likeness (QED) is 0.495. The minimum atomic E-state index is -3.82. The summed E-state index contributed by atoms with van der Waals surface area (Å²) in [5, 5.41) is 2.79. The lowest BCUT2D eigenvalue weighted by molar-refractivity contribution is -0.120. The van der Waals surface area contributed by atoms with Gasteiger partial charge in [-0.05, 0) is 66.6 Å². The molecule has 0 bridgehead atoms. The van der Waals surface area contributed by atoms with Gasteiger partial charge in [0.25, 0.3) is 10.0 Å². The molecule has 0 aliphatic carbocycles. The number of carbonyl (C=O) groups is 1. The lowest BCUT2D eigenvalue weighted by atomic mass is 10.1. The summed E-state index contributed by atoms with van der Waals surface area (Å²) in [6.07, 6.45) is 0.162. The highest BCUT2D eigenvalue weighted by Gasteiger charge is 2.14. The highest BCUT2D eigenvalue weighted by atomic mass is 32.2. The zero-order valence-electron chi connectivity index (χ0n) is 17.0. The van der Waals surface area contributed by atoms with E-state index in [9.17, 15) is 17.6 Å². The first kappa shape index (κ1) is 22.3.